The highest BCUT2D eigenvalue weighted by atomic mass is 79.9. The van der Waals surface area contributed by atoms with Gasteiger partial charge in [-0.15, -0.1) is 0 Å². The summed E-state index contributed by atoms with van der Waals surface area (Å²) >= 11 is 3.56. The van der Waals surface area contributed by atoms with Crippen molar-refractivity contribution in [2.75, 3.05) is 0 Å². The molecule has 138 valence electrons. The molecule has 0 unspecified atom stereocenters. The Kier molecular flexibility index (Phi) is 5.97. The second kappa shape index (κ2) is 8.40. The van der Waals surface area contributed by atoms with Crippen LogP contribution in [-0.2, 0) is 13.0 Å². The highest BCUT2D eigenvalue weighted by molar-refractivity contribution is 9.10. The van der Waals surface area contributed by atoms with Crippen LogP contribution in [0, 0.1) is 6.92 Å². The molecule has 0 aliphatic rings. The van der Waals surface area contributed by atoms with E-state index in [1.165, 1.54) is 5.56 Å². The van der Waals surface area contributed by atoms with Gasteiger partial charge in [-0.1, -0.05) is 59.3 Å². The second-order valence-electron chi connectivity index (χ2n) is 6.39. The summed E-state index contributed by atoms with van der Waals surface area (Å²) in [6.45, 7) is 4.32. The van der Waals surface area contributed by atoms with E-state index in [2.05, 4.69) is 41.1 Å². The van der Waals surface area contributed by atoms with Gasteiger partial charge < -0.3 is 9.84 Å². The van der Waals surface area contributed by atoms with E-state index < -0.39 is 5.97 Å². The number of aryl methyl sites for hydroxylation is 2. The summed E-state index contributed by atoms with van der Waals surface area (Å²) in [6, 6.07) is 19.6. The van der Waals surface area contributed by atoms with Crippen LogP contribution in [-0.4, -0.2) is 11.1 Å². The summed E-state index contributed by atoms with van der Waals surface area (Å²) in [4.78, 5) is 11.2. The van der Waals surface area contributed by atoms with Crippen LogP contribution in [0.1, 0.15) is 34.0 Å². The molecule has 4 heteroatoms. The zero-order chi connectivity index (χ0) is 19.4. The smallest absolute Gasteiger partial charge is 0.335 e. The molecule has 0 heterocycles. The Hall–Kier alpha value is -2.59. The lowest BCUT2D eigenvalue weighted by molar-refractivity contribution is 0.0696. The molecule has 0 bridgehead atoms. The van der Waals surface area contributed by atoms with E-state index in [4.69, 9.17) is 9.84 Å². The average molecular weight is 425 g/mol. The summed E-state index contributed by atoms with van der Waals surface area (Å²) in [5, 5.41) is 9.17. The lowest BCUT2D eigenvalue weighted by Crippen LogP contribution is -2.02. The molecular weight excluding hydrogens is 404 g/mol. The monoisotopic (exact) mass is 424 g/mol. The summed E-state index contributed by atoms with van der Waals surface area (Å²) in [5.41, 5.74) is 5.46. The molecule has 1 N–H and O–H groups in total. The van der Waals surface area contributed by atoms with E-state index in [0.29, 0.717) is 12.2 Å². The SMILES string of the molecule is CCc1ccccc1-c1cc(Br)ccc1OCc1ccc(C(=O)O)c(C)c1. The van der Waals surface area contributed by atoms with Crippen LogP contribution in [0.25, 0.3) is 11.1 Å². The molecule has 0 saturated heterocycles. The van der Waals surface area contributed by atoms with Gasteiger partial charge in [-0.05, 0) is 59.9 Å². The maximum absolute atomic E-state index is 11.2. The Bertz CT molecular complexity index is 979. The zero-order valence-electron chi connectivity index (χ0n) is 15.3. The number of aromatic carboxylic acids is 1. The molecule has 0 atom stereocenters. The molecule has 0 aliphatic carbocycles. The fourth-order valence-corrected chi connectivity index (χ4v) is 3.51. The Balaban J connectivity index is 1.90. The first kappa shape index (κ1) is 19.2. The van der Waals surface area contributed by atoms with Crippen molar-refractivity contribution in [3.05, 3.63) is 87.4 Å². The van der Waals surface area contributed by atoms with Crippen molar-refractivity contribution in [3.63, 3.8) is 0 Å². The number of hydrogen-bond acceptors (Lipinski definition) is 2. The fourth-order valence-electron chi connectivity index (χ4n) is 3.15. The maximum atomic E-state index is 11.2. The fraction of sp³-hybridized carbons (Fsp3) is 0.174. The quantitative estimate of drug-likeness (QED) is 0.507. The van der Waals surface area contributed by atoms with E-state index >= 15 is 0 Å². The number of halogens is 1. The Labute approximate surface area is 167 Å². The number of carboxylic acid groups (broad SMARTS) is 1. The van der Waals surface area contributed by atoms with E-state index in [-0.39, 0.29) is 0 Å². The zero-order valence-corrected chi connectivity index (χ0v) is 16.9. The van der Waals surface area contributed by atoms with Crippen molar-refractivity contribution < 1.29 is 14.6 Å². The number of benzene rings is 3. The second-order valence-corrected chi connectivity index (χ2v) is 7.31. The molecule has 3 nitrogen and oxygen atoms in total. The van der Waals surface area contributed by atoms with Crippen LogP contribution < -0.4 is 4.74 Å². The van der Waals surface area contributed by atoms with Crippen molar-refractivity contribution >= 4 is 21.9 Å². The van der Waals surface area contributed by atoms with Crippen LogP contribution in [0.15, 0.2) is 65.1 Å². The number of carboxylic acids is 1. The highest BCUT2D eigenvalue weighted by Gasteiger charge is 2.12. The van der Waals surface area contributed by atoms with Crippen LogP contribution >= 0.6 is 15.9 Å². The molecule has 27 heavy (non-hydrogen) atoms. The third-order valence-corrected chi connectivity index (χ3v) is 5.04. The van der Waals surface area contributed by atoms with Crippen LogP contribution in [0.3, 0.4) is 0 Å². The molecule has 0 spiro atoms. The normalized spacial score (nSPS) is 10.6. The van der Waals surface area contributed by atoms with E-state index in [1.54, 1.807) is 19.1 Å². The van der Waals surface area contributed by atoms with Gasteiger partial charge in [0.25, 0.3) is 0 Å². The minimum atomic E-state index is -0.911. The molecule has 0 radical (unpaired) electrons. The van der Waals surface area contributed by atoms with Gasteiger partial charge in [0.2, 0.25) is 0 Å². The topological polar surface area (TPSA) is 46.5 Å². The first-order chi connectivity index (χ1) is 13.0. The van der Waals surface area contributed by atoms with E-state index in [0.717, 1.165) is 38.9 Å². The summed E-state index contributed by atoms with van der Waals surface area (Å²) in [5.74, 6) is -0.106. The van der Waals surface area contributed by atoms with Crippen molar-refractivity contribution in [2.45, 2.75) is 26.9 Å². The lowest BCUT2D eigenvalue weighted by atomic mass is 9.97. The average Bonchev–Trinajstić information content (AvgIpc) is 2.66. The van der Waals surface area contributed by atoms with Gasteiger partial charge in [-0.3, -0.25) is 0 Å². The third kappa shape index (κ3) is 4.40. The highest BCUT2D eigenvalue weighted by Crippen LogP contribution is 2.35. The van der Waals surface area contributed by atoms with Gasteiger partial charge >= 0.3 is 5.97 Å². The van der Waals surface area contributed by atoms with Gasteiger partial charge in [0, 0.05) is 10.0 Å². The minimum absolute atomic E-state index is 0.319. The van der Waals surface area contributed by atoms with Crippen LogP contribution in [0.2, 0.25) is 0 Å². The predicted octanol–water partition coefficient (Wildman–Crippen LogP) is 6.26. The molecule has 3 rings (SSSR count). The van der Waals surface area contributed by atoms with Gasteiger partial charge in [0.1, 0.15) is 12.4 Å². The lowest BCUT2D eigenvalue weighted by Gasteiger charge is -2.15. The molecule has 3 aromatic carbocycles. The summed E-state index contributed by atoms with van der Waals surface area (Å²) < 4.78 is 7.12. The van der Waals surface area contributed by atoms with Crippen LogP contribution in [0.5, 0.6) is 5.75 Å². The number of hydrogen-bond donors (Lipinski definition) is 1. The molecule has 0 amide bonds. The van der Waals surface area contributed by atoms with Gasteiger partial charge in [0.15, 0.2) is 0 Å². The number of ether oxygens (including phenoxy) is 1. The number of rotatable bonds is 6. The minimum Gasteiger partial charge on any atom is -0.488 e. The summed E-state index contributed by atoms with van der Waals surface area (Å²) in [6.07, 6.45) is 0.942. The van der Waals surface area contributed by atoms with Gasteiger partial charge in [0.05, 0.1) is 5.56 Å². The summed E-state index contributed by atoms with van der Waals surface area (Å²) in [7, 11) is 0. The Morgan fingerprint density at radius 1 is 1.04 bits per heavy atom. The van der Waals surface area contributed by atoms with Crippen molar-refractivity contribution in [2.24, 2.45) is 0 Å². The number of carbonyl (C=O) groups is 1. The largest absolute Gasteiger partial charge is 0.488 e. The van der Waals surface area contributed by atoms with E-state index in [1.807, 2.05) is 30.3 Å². The van der Waals surface area contributed by atoms with E-state index in [9.17, 15) is 4.79 Å². The van der Waals surface area contributed by atoms with Crippen LogP contribution in [0.4, 0.5) is 0 Å². The third-order valence-electron chi connectivity index (χ3n) is 4.55. The van der Waals surface area contributed by atoms with Crippen molar-refractivity contribution in [1.82, 2.24) is 0 Å². The predicted molar refractivity (Wildman–Crippen MR) is 111 cm³/mol. The van der Waals surface area contributed by atoms with Gasteiger partial charge in [-0.2, -0.15) is 0 Å². The molecule has 3 aromatic rings. The molecule has 0 fully saturated rings. The first-order valence-corrected chi connectivity index (χ1v) is 9.62. The molecular formula is C23H21BrO3. The maximum Gasteiger partial charge on any atom is 0.335 e. The Morgan fingerprint density at radius 2 is 1.81 bits per heavy atom. The molecule has 0 aromatic heterocycles. The Morgan fingerprint density at radius 3 is 2.52 bits per heavy atom. The van der Waals surface area contributed by atoms with Crippen molar-refractivity contribution in [1.29, 1.82) is 0 Å². The first-order valence-electron chi connectivity index (χ1n) is 8.83. The molecule has 0 aliphatic heterocycles. The standard InChI is InChI=1S/C23H21BrO3/c1-3-17-6-4-5-7-20(17)21-13-18(24)9-11-22(21)27-14-16-8-10-19(23(25)26)15(2)12-16/h4-13H,3,14H2,1-2H3,(H,25,26). The molecule has 0 saturated carbocycles. The van der Waals surface area contributed by atoms with Crippen molar-refractivity contribution in [3.8, 4) is 16.9 Å². The van der Waals surface area contributed by atoms with Gasteiger partial charge in [-0.25, -0.2) is 4.79 Å².